The maximum atomic E-state index is 4.79. The summed E-state index contributed by atoms with van der Waals surface area (Å²) in [6.07, 6.45) is 1.96. The van der Waals surface area contributed by atoms with Crippen LogP contribution in [0.15, 0.2) is 182 Å². The summed E-state index contributed by atoms with van der Waals surface area (Å²) in [6.45, 7) is 0. The summed E-state index contributed by atoms with van der Waals surface area (Å²) in [4.78, 5) is 7.15. The number of rotatable bonds is 5. The Bertz CT molecular complexity index is 2750. The highest BCUT2D eigenvalue weighted by molar-refractivity contribution is 7.25. The summed E-state index contributed by atoms with van der Waals surface area (Å²) in [6, 6.07) is 63.8. The lowest BCUT2D eigenvalue weighted by atomic mass is 10.0. The van der Waals surface area contributed by atoms with Crippen LogP contribution in [0.25, 0.3) is 74.9 Å². The van der Waals surface area contributed by atoms with Crippen LogP contribution in [-0.2, 0) is 0 Å². The van der Waals surface area contributed by atoms with Crippen molar-refractivity contribution in [1.29, 1.82) is 0 Å². The van der Waals surface area contributed by atoms with Crippen molar-refractivity contribution in [3.05, 3.63) is 182 Å². The van der Waals surface area contributed by atoms with Crippen molar-refractivity contribution < 1.29 is 0 Å². The first-order valence-electron chi connectivity index (χ1n) is 16.9. The fraction of sp³-hybridized carbons (Fsp3) is 0. The van der Waals surface area contributed by atoms with Gasteiger partial charge in [-0.2, -0.15) is 0 Å². The van der Waals surface area contributed by atoms with E-state index in [-0.39, 0.29) is 0 Å². The Morgan fingerprint density at radius 1 is 0.360 bits per heavy atom. The number of aromatic nitrogens is 1. The summed E-state index contributed by atoms with van der Waals surface area (Å²) in [7, 11) is 0. The summed E-state index contributed by atoms with van der Waals surface area (Å²) >= 11 is 1.86. The Labute approximate surface area is 294 Å². The van der Waals surface area contributed by atoms with Crippen LogP contribution < -0.4 is 4.90 Å². The molecule has 10 rings (SSSR count). The number of benzene rings is 8. The topological polar surface area (TPSA) is 16.1 Å². The van der Waals surface area contributed by atoms with Crippen molar-refractivity contribution in [2.24, 2.45) is 0 Å². The second kappa shape index (κ2) is 11.7. The molecule has 0 aliphatic heterocycles. The van der Waals surface area contributed by atoms with E-state index in [0.717, 1.165) is 33.7 Å². The molecule has 0 radical (unpaired) electrons. The molecule has 0 unspecified atom stereocenters. The quantitative estimate of drug-likeness (QED) is 0.184. The van der Waals surface area contributed by atoms with Crippen LogP contribution in [0, 0.1) is 0 Å². The second-order valence-electron chi connectivity index (χ2n) is 12.9. The highest BCUT2D eigenvalue weighted by atomic mass is 32.1. The monoisotopic (exact) mass is 654 g/mol. The summed E-state index contributed by atoms with van der Waals surface area (Å²) in [5, 5.41) is 10.0. The minimum absolute atomic E-state index is 0.973. The third-order valence-corrected chi connectivity index (χ3v) is 11.0. The fourth-order valence-corrected chi connectivity index (χ4v) is 8.40. The predicted molar refractivity (Wildman–Crippen MR) is 215 cm³/mol. The fourth-order valence-electron chi connectivity index (χ4n) is 7.23. The van der Waals surface area contributed by atoms with Gasteiger partial charge >= 0.3 is 0 Å². The average Bonchev–Trinajstić information content (AvgIpc) is 3.53. The molecule has 2 aromatic heterocycles. The first-order valence-corrected chi connectivity index (χ1v) is 17.7. The molecule has 0 spiro atoms. The van der Waals surface area contributed by atoms with Gasteiger partial charge in [0.2, 0.25) is 0 Å². The molecule has 234 valence electrons. The first kappa shape index (κ1) is 28.7. The van der Waals surface area contributed by atoms with Gasteiger partial charge < -0.3 is 4.90 Å². The van der Waals surface area contributed by atoms with Crippen molar-refractivity contribution in [3.8, 4) is 22.4 Å². The normalized spacial score (nSPS) is 11.6. The smallest absolute Gasteiger partial charge is 0.0708 e. The van der Waals surface area contributed by atoms with Crippen LogP contribution in [0.3, 0.4) is 0 Å². The molecule has 0 saturated carbocycles. The van der Waals surface area contributed by atoms with Gasteiger partial charge in [0.15, 0.2) is 0 Å². The van der Waals surface area contributed by atoms with Gasteiger partial charge in [-0.1, -0.05) is 115 Å². The van der Waals surface area contributed by atoms with E-state index in [4.69, 9.17) is 4.98 Å². The zero-order valence-electron chi connectivity index (χ0n) is 27.1. The number of hydrogen-bond donors (Lipinski definition) is 0. The number of nitrogens with zero attached hydrogens (tertiary/aromatic N) is 2. The van der Waals surface area contributed by atoms with Crippen LogP contribution in [0.5, 0.6) is 0 Å². The van der Waals surface area contributed by atoms with Gasteiger partial charge in [-0.3, -0.25) is 4.98 Å². The molecule has 0 bridgehead atoms. The molecule has 0 fully saturated rings. The van der Waals surface area contributed by atoms with Crippen molar-refractivity contribution in [1.82, 2.24) is 4.98 Å². The molecule has 0 saturated heterocycles. The number of pyridine rings is 1. The largest absolute Gasteiger partial charge is 0.310 e. The molecule has 2 heterocycles. The Morgan fingerprint density at radius 3 is 1.62 bits per heavy atom. The zero-order chi connectivity index (χ0) is 33.0. The molecule has 0 amide bonds. The molecule has 0 atom stereocenters. The van der Waals surface area contributed by atoms with Crippen LogP contribution in [-0.4, -0.2) is 4.98 Å². The van der Waals surface area contributed by atoms with Gasteiger partial charge in [0.25, 0.3) is 0 Å². The molecule has 2 nitrogen and oxygen atoms in total. The van der Waals surface area contributed by atoms with Crippen molar-refractivity contribution in [2.75, 3.05) is 4.90 Å². The van der Waals surface area contributed by atoms with E-state index < -0.39 is 0 Å². The highest BCUT2D eigenvalue weighted by Crippen LogP contribution is 2.42. The predicted octanol–water partition coefficient (Wildman–Crippen LogP) is 13.7. The molecule has 10 aromatic rings. The molecule has 3 heteroatoms. The number of hydrogen-bond acceptors (Lipinski definition) is 3. The lowest BCUT2D eigenvalue weighted by Gasteiger charge is -2.26. The lowest BCUT2D eigenvalue weighted by Crippen LogP contribution is -2.09. The summed E-state index contributed by atoms with van der Waals surface area (Å²) in [5.74, 6) is 0. The van der Waals surface area contributed by atoms with Crippen molar-refractivity contribution >= 4 is 80.9 Å². The van der Waals surface area contributed by atoms with Crippen LogP contribution in [0.4, 0.5) is 17.1 Å². The van der Waals surface area contributed by atoms with Crippen LogP contribution in [0.2, 0.25) is 0 Å². The van der Waals surface area contributed by atoms with Gasteiger partial charge in [0.05, 0.1) is 5.69 Å². The second-order valence-corrected chi connectivity index (χ2v) is 14.0. The van der Waals surface area contributed by atoms with E-state index in [1.165, 1.54) is 58.2 Å². The Morgan fingerprint density at radius 2 is 0.900 bits per heavy atom. The number of anilines is 3. The molecule has 0 N–H and O–H groups in total. The summed E-state index contributed by atoms with van der Waals surface area (Å²) < 4.78 is 2.59. The van der Waals surface area contributed by atoms with Crippen LogP contribution in [0.1, 0.15) is 0 Å². The van der Waals surface area contributed by atoms with E-state index in [1.807, 2.05) is 17.5 Å². The Balaban J connectivity index is 1.08. The van der Waals surface area contributed by atoms with E-state index in [0.29, 0.717) is 0 Å². The molecular weight excluding hydrogens is 625 g/mol. The van der Waals surface area contributed by atoms with E-state index in [9.17, 15) is 0 Å². The molecule has 50 heavy (non-hydrogen) atoms. The Kier molecular flexibility index (Phi) is 6.71. The van der Waals surface area contributed by atoms with Gasteiger partial charge in [0.1, 0.15) is 0 Å². The third-order valence-electron chi connectivity index (χ3n) is 9.84. The van der Waals surface area contributed by atoms with Gasteiger partial charge in [-0.15, -0.1) is 11.3 Å². The number of thiophene rings is 1. The van der Waals surface area contributed by atoms with Gasteiger partial charge in [-0.05, 0) is 98.7 Å². The molecule has 0 aliphatic carbocycles. The molecule has 8 aromatic carbocycles. The molecular formula is C47H30N2S. The lowest BCUT2D eigenvalue weighted by molar-refractivity contribution is 1.29. The highest BCUT2D eigenvalue weighted by Gasteiger charge is 2.16. The molecule has 0 aliphatic rings. The van der Waals surface area contributed by atoms with Crippen molar-refractivity contribution in [3.63, 3.8) is 0 Å². The van der Waals surface area contributed by atoms with Crippen LogP contribution >= 0.6 is 11.3 Å². The standard InChI is InChI=1S/C47H30N2S/c1-2-8-34-25-38(14-13-31(34)7-1)32-15-19-40(20-16-32)49(41-21-17-33(18-22-41)45-27-36-10-5-6-12-39(36)30-48-45)42-23-24-43-44-26-35-9-3-4-11-37(35)28-46(44)50-47(43)29-42/h1-30H. The third kappa shape index (κ3) is 4.99. The first-order chi connectivity index (χ1) is 24.7. The maximum absolute atomic E-state index is 4.79. The maximum Gasteiger partial charge on any atom is 0.0708 e. The van der Waals surface area contributed by atoms with Gasteiger partial charge in [0, 0.05) is 54.4 Å². The number of fused-ring (bicyclic) bond motifs is 6. The minimum Gasteiger partial charge on any atom is -0.310 e. The van der Waals surface area contributed by atoms with Crippen molar-refractivity contribution in [2.45, 2.75) is 0 Å². The van der Waals surface area contributed by atoms with E-state index >= 15 is 0 Å². The van der Waals surface area contributed by atoms with Gasteiger partial charge in [-0.25, -0.2) is 0 Å². The zero-order valence-corrected chi connectivity index (χ0v) is 27.9. The Hall–Kier alpha value is -6.29. The van der Waals surface area contributed by atoms with E-state index in [2.05, 4.69) is 181 Å². The summed E-state index contributed by atoms with van der Waals surface area (Å²) in [5.41, 5.74) is 7.82. The van der Waals surface area contributed by atoms with E-state index in [1.54, 1.807) is 0 Å². The average molecular weight is 655 g/mol. The SMILES string of the molecule is c1ccc2cc(-c3ccc(N(c4ccc(-c5cc6ccccc6cn5)cc4)c4ccc5c(c4)sc4cc6ccccc6cc45)cc3)ccc2c1. The minimum atomic E-state index is 0.973.